The van der Waals surface area contributed by atoms with Crippen LogP contribution in [0.5, 0.6) is 0 Å². The third-order valence-corrected chi connectivity index (χ3v) is 6.78. The fourth-order valence-electron chi connectivity index (χ4n) is 5.02. The van der Waals surface area contributed by atoms with Gasteiger partial charge in [0.2, 0.25) is 0 Å². The molecule has 2 aliphatic rings. The Labute approximate surface area is 171 Å². The lowest BCUT2D eigenvalue weighted by atomic mass is 9.76. The monoisotopic (exact) mass is 403 g/mol. The molecule has 28 heavy (non-hydrogen) atoms. The lowest BCUT2D eigenvalue weighted by Crippen LogP contribution is -2.35. The number of ketones is 1. The summed E-state index contributed by atoms with van der Waals surface area (Å²) in [6.07, 6.45) is 8.96. The smallest absolute Gasteiger partial charge is 0.165 e. The molecule has 1 aromatic carbocycles. The zero-order valence-electron chi connectivity index (χ0n) is 16.6. The fraction of sp³-hybridized carbons (Fsp3) is 0.609. The van der Waals surface area contributed by atoms with E-state index in [2.05, 4.69) is 11.5 Å². The molecule has 1 saturated heterocycles. The van der Waals surface area contributed by atoms with Crippen molar-refractivity contribution in [3.63, 3.8) is 0 Å². The average molecular weight is 404 g/mol. The molecule has 2 fully saturated rings. The van der Waals surface area contributed by atoms with Crippen molar-refractivity contribution in [2.75, 3.05) is 6.61 Å². The molecule has 152 valence electrons. The van der Waals surface area contributed by atoms with Crippen molar-refractivity contribution in [1.29, 1.82) is 0 Å². The SMILES string of the molecule is C[C@H]1CCC[C@@](O)(CCC(=O)c2cn(CC3CCCO3)c3cccc(Cl)c23)C1. The number of hydrogen-bond donors (Lipinski definition) is 1. The zero-order valence-corrected chi connectivity index (χ0v) is 17.4. The molecule has 4 nitrogen and oxygen atoms in total. The van der Waals surface area contributed by atoms with Crippen LogP contribution in [0.4, 0.5) is 0 Å². The Morgan fingerprint density at radius 1 is 1.36 bits per heavy atom. The minimum Gasteiger partial charge on any atom is -0.390 e. The molecule has 1 aliphatic heterocycles. The number of fused-ring (bicyclic) bond motifs is 1. The van der Waals surface area contributed by atoms with Gasteiger partial charge in [-0.1, -0.05) is 37.4 Å². The van der Waals surface area contributed by atoms with E-state index < -0.39 is 5.60 Å². The molecule has 0 bridgehead atoms. The van der Waals surface area contributed by atoms with Gasteiger partial charge in [0.25, 0.3) is 0 Å². The highest BCUT2D eigenvalue weighted by Crippen LogP contribution is 2.36. The van der Waals surface area contributed by atoms with Crippen LogP contribution in [-0.4, -0.2) is 33.8 Å². The van der Waals surface area contributed by atoms with Gasteiger partial charge in [-0.25, -0.2) is 0 Å². The van der Waals surface area contributed by atoms with Gasteiger partial charge >= 0.3 is 0 Å². The maximum absolute atomic E-state index is 13.1. The first-order chi connectivity index (χ1) is 13.5. The van der Waals surface area contributed by atoms with Crippen LogP contribution < -0.4 is 0 Å². The number of aromatic nitrogens is 1. The molecule has 1 aliphatic carbocycles. The van der Waals surface area contributed by atoms with Crippen LogP contribution in [0, 0.1) is 5.92 Å². The van der Waals surface area contributed by atoms with Gasteiger partial charge in [-0.3, -0.25) is 4.79 Å². The number of benzene rings is 1. The number of ether oxygens (including phenoxy) is 1. The normalized spacial score (nSPS) is 28.1. The van der Waals surface area contributed by atoms with E-state index in [9.17, 15) is 9.90 Å². The summed E-state index contributed by atoms with van der Waals surface area (Å²) < 4.78 is 7.90. The first kappa shape index (κ1) is 19.9. The molecule has 0 amide bonds. The van der Waals surface area contributed by atoms with Crippen LogP contribution in [0.25, 0.3) is 10.9 Å². The van der Waals surface area contributed by atoms with E-state index >= 15 is 0 Å². The number of carbonyl (C=O) groups is 1. The molecule has 2 aromatic rings. The highest BCUT2D eigenvalue weighted by molar-refractivity contribution is 6.37. The van der Waals surface area contributed by atoms with Crippen LogP contribution >= 0.6 is 11.6 Å². The van der Waals surface area contributed by atoms with Gasteiger partial charge < -0.3 is 14.4 Å². The summed E-state index contributed by atoms with van der Waals surface area (Å²) in [4.78, 5) is 13.1. The Kier molecular flexibility index (Phi) is 5.82. The maximum Gasteiger partial charge on any atom is 0.165 e. The zero-order chi connectivity index (χ0) is 19.7. The summed E-state index contributed by atoms with van der Waals surface area (Å²) in [6.45, 7) is 3.74. The average Bonchev–Trinajstić information content (AvgIpc) is 3.29. The Morgan fingerprint density at radius 2 is 2.21 bits per heavy atom. The van der Waals surface area contributed by atoms with Crippen molar-refractivity contribution in [3.05, 3.63) is 35.0 Å². The lowest BCUT2D eigenvalue weighted by Gasteiger charge is -2.35. The Morgan fingerprint density at radius 3 is 2.96 bits per heavy atom. The molecule has 4 rings (SSSR count). The van der Waals surface area contributed by atoms with E-state index in [-0.39, 0.29) is 11.9 Å². The summed E-state index contributed by atoms with van der Waals surface area (Å²) in [7, 11) is 0. The molecule has 1 unspecified atom stereocenters. The van der Waals surface area contributed by atoms with Crippen molar-refractivity contribution >= 4 is 28.3 Å². The predicted octanol–water partition coefficient (Wildman–Crippen LogP) is 5.38. The number of Topliss-reactive ketones (excluding diaryl/α,β-unsaturated/α-hetero) is 1. The molecular weight excluding hydrogens is 374 g/mol. The minimum atomic E-state index is -0.701. The van der Waals surface area contributed by atoms with Gasteiger partial charge in [0.15, 0.2) is 5.78 Å². The summed E-state index contributed by atoms with van der Waals surface area (Å²) in [5.74, 6) is 0.590. The number of carbonyl (C=O) groups excluding carboxylic acids is 1. The van der Waals surface area contributed by atoms with Crippen LogP contribution in [0.1, 0.15) is 68.6 Å². The Hall–Kier alpha value is -1.36. The third-order valence-electron chi connectivity index (χ3n) is 6.46. The summed E-state index contributed by atoms with van der Waals surface area (Å²) in [6, 6.07) is 5.79. The maximum atomic E-state index is 13.1. The molecule has 2 heterocycles. The van der Waals surface area contributed by atoms with Gasteiger partial charge in [0, 0.05) is 36.7 Å². The van der Waals surface area contributed by atoms with Gasteiger partial charge in [0.1, 0.15) is 0 Å². The van der Waals surface area contributed by atoms with E-state index in [1.807, 2.05) is 24.4 Å². The van der Waals surface area contributed by atoms with Crippen LogP contribution in [0.2, 0.25) is 5.02 Å². The first-order valence-electron chi connectivity index (χ1n) is 10.6. The van der Waals surface area contributed by atoms with Gasteiger partial charge in [-0.2, -0.15) is 0 Å². The number of nitrogens with zero attached hydrogens (tertiary/aromatic N) is 1. The minimum absolute atomic E-state index is 0.0656. The van der Waals surface area contributed by atoms with E-state index in [0.29, 0.717) is 29.3 Å². The summed E-state index contributed by atoms with van der Waals surface area (Å²) in [5.41, 5.74) is 0.954. The molecule has 0 radical (unpaired) electrons. The summed E-state index contributed by atoms with van der Waals surface area (Å²) >= 11 is 6.49. The van der Waals surface area contributed by atoms with Crippen molar-refractivity contribution in [3.8, 4) is 0 Å². The van der Waals surface area contributed by atoms with E-state index in [1.54, 1.807) is 0 Å². The Bertz CT molecular complexity index is 855. The van der Waals surface area contributed by atoms with E-state index in [1.165, 1.54) is 6.42 Å². The quantitative estimate of drug-likeness (QED) is 0.659. The van der Waals surface area contributed by atoms with Crippen LogP contribution in [0.3, 0.4) is 0 Å². The van der Waals surface area contributed by atoms with Crippen molar-refractivity contribution in [1.82, 2.24) is 4.57 Å². The van der Waals surface area contributed by atoms with Crippen LogP contribution in [-0.2, 0) is 11.3 Å². The van der Waals surface area contributed by atoms with Crippen molar-refractivity contribution in [2.45, 2.75) is 76.5 Å². The first-order valence-corrected chi connectivity index (χ1v) is 11.0. The number of rotatable bonds is 6. The van der Waals surface area contributed by atoms with Crippen LogP contribution in [0.15, 0.2) is 24.4 Å². The number of hydrogen-bond acceptors (Lipinski definition) is 3. The molecule has 3 atom stereocenters. The third kappa shape index (κ3) is 4.14. The largest absolute Gasteiger partial charge is 0.390 e. The second-order valence-corrected chi connectivity index (χ2v) is 9.22. The van der Waals surface area contributed by atoms with Gasteiger partial charge in [-0.05, 0) is 50.2 Å². The van der Waals surface area contributed by atoms with Crippen molar-refractivity contribution < 1.29 is 14.6 Å². The molecule has 1 saturated carbocycles. The predicted molar refractivity (Wildman–Crippen MR) is 112 cm³/mol. The number of halogens is 1. The van der Waals surface area contributed by atoms with Crippen molar-refractivity contribution in [2.24, 2.45) is 5.92 Å². The fourth-order valence-corrected chi connectivity index (χ4v) is 5.29. The van der Waals surface area contributed by atoms with Gasteiger partial charge in [0.05, 0.1) is 22.2 Å². The standard InChI is InChI=1S/C23H30ClNO3/c1-16-5-3-10-23(27,13-16)11-9-21(26)18-15-25(14-17-6-4-12-28-17)20-8-2-7-19(24)22(18)20/h2,7-8,15-17,27H,3-6,9-14H2,1H3/t16-,17?,23+/m0/s1. The van der Waals surface area contributed by atoms with Gasteiger partial charge in [-0.15, -0.1) is 0 Å². The molecule has 1 N–H and O–H groups in total. The molecule has 5 heteroatoms. The highest BCUT2D eigenvalue weighted by Gasteiger charge is 2.33. The molecule has 0 spiro atoms. The Balaban J connectivity index is 1.56. The van der Waals surface area contributed by atoms with E-state index in [0.717, 1.165) is 56.2 Å². The second-order valence-electron chi connectivity index (χ2n) is 8.81. The lowest BCUT2D eigenvalue weighted by molar-refractivity contribution is -0.0204. The summed E-state index contributed by atoms with van der Waals surface area (Å²) in [5, 5.41) is 12.3. The highest BCUT2D eigenvalue weighted by atomic mass is 35.5. The number of aliphatic hydroxyl groups is 1. The molecular formula is C23H30ClNO3. The topological polar surface area (TPSA) is 51.5 Å². The van der Waals surface area contributed by atoms with E-state index in [4.69, 9.17) is 16.3 Å². The molecule has 1 aromatic heterocycles. The second kappa shape index (κ2) is 8.17.